The summed E-state index contributed by atoms with van der Waals surface area (Å²) >= 11 is 0. The number of rotatable bonds is 8. The topological polar surface area (TPSA) is 104 Å². The first-order chi connectivity index (χ1) is 18.4. The number of carbonyl (C=O) groups is 2. The highest BCUT2D eigenvalue weighted by atomic mass is 32.2. The van der Waals surface area contributed by atoms with E-state index in [1.807, 2.05) is 66.7 Å². The Hall–Kier alpha value is -4.27. The van der Waals surface area contributed by atoms with Crippen molar-refractivity contribution >= 4 is 27.5 Å². The third-order valence-electron chi connectivity index (χ3n) is 6.50. The largest absolute Gasteiger partial charge is 0.343 e. The molecule has 5 rings (SSSR count). The number of anilines is 1. The Bertz CT molecular complexity index is 1500. The fourth-order valence-electron chi connectivity index (χ4n) is 4.54. The number of amides is 2. The Labute approximate surface area is 222 Å². The van der Waals surface area contributed by atoms with E-state index >= 15 is 0 Å². The molecule has 1 atom stereocenters. The Morgan fingerprint density at radius 3 is 1.87 bits per heavy atom. The fraction of sp³-hybridized carbons (Fsp3) is 0.133. The van der Waals surface area contributed by atoms with Gasteiger partial charge in [0.2, 0.25) is 21.8 Å². The molecule has 1 heterocycles. The minimum absolute atomic E-state index is 0.0313. The van der Waals surface area contributed by atoms with Gasteiger partial charge in [0.25, 0.3) is 0 Å². The van der Waals surface area contributed by atoms with Crippen LogP contribution in [0.25, 0.3) is 0 Å². The maximum absolute atomic E-state index is 13.8. The van der Waals surface area contributed by atoms with Gasteiger partial charge in [0.05, 0.1) is 10.9 Å². The van der Waals surface area contributed by atoms with E-state index < -0.39 is 28.0 Å². The first-order valence-electron chi connectivity index (χ1n) is 12.3. The molecule has 4 aromatic rings. The lowest BCUT2D eigenvalue weighted by molar-refractivity contribution is -0.123. The molecule has 2 amide bonds. The van der Waals surface area contributed by atoms with Crippen LogP contribution in [-0.4, -0.2) is 20.2 Å². The van der Waals surface area contributed by atoms with Crippen molar-refractivity contribution in [2.24, 2.45) is 0 Å². The van der Waals surface area contributed by atoms with Crippen LogP contribution in [0.1, 0.15) is 40.8 Å². The molecule has 0 saturated carbocycles. The molecule has 7 nitrogen and oxygen atoms in total. The van der Waals surface area contributed by atoms with Gasteiger partial charge in [-0.05, 0) is 46.9 Å². The molecule has 192 valence electrons. The van der Waals surface area contributed by atoms with Crippen LogP contribution < -0.4 is 15.4 Å². The summed E-state index contributed by atoms with van der Waals surface area (Å²) in [5.74, 6) is -0.582. The molecule has 8 heteroatoms. The third-order valence-corrected chi connectivity index (χ3v) is 7.92. The van der Waals surface area contributed by atoms with Crippen LogP contribution in [0.5, 0.6) is 0 Å². The zero-order chi connectivity index (χ0) is 26.5. The number of aryl methyl sites for hydroxylation is 1. The molecule has 0 unspecified atom stereocenters. The summed E-state index contributed by atoms with van der Waals surface area (Å²) < 4.78 is 29.7. The van der Waals surface area contributed by atoms with Crippen molar-refractivity contribution in [1.82, 2.24) is 10.0 Å². The van der Waals surface area contributed by atoms with Crippen LogP contribution in [0.3, 0.4) is 0 Å². The Morgan fingerprint density at radius 1 is 0.737 bits per heavy atom. The van der Waals surface area contributed by atoms with E-state index in [0.717, 1.165) is 16.7 Å². The molecular weight excluding hydrogens is 498 g/mol. The van der Waals surface area contributed by atoms with Crippen molar-refractivity contribution < 1.29 is 18.0 Å². The molecule has 0 aliphatic carbocycles. The summed E-state index contributed by atoms with van der Waals surface area (Å²) in [4.78, 5) is 25.5. The molecular formula is C30H27N3O4S. The predicted octanol–water partition coefficient (Wildman–Crippen LogP) is 4.50. The lowest BCUT2D eigenvalue weighted by Gasteiger charge is -2.25. The van der Waals surface area contributed by atoms with E-state index in [0.29, 0.717) is 24.1 Å². The number of benzene rings is 4. The quantitative estimate of drug-likeness (QED) is 0.315. The van der Waals surface area contributed by atoms with E-state index in [-0.39, 0.29) is 10.8 Å². The molecule has 38 heavy (non-hydrogen) atoms. The van der Waals surface area contributed by atoms with Crippen LogP contribution >= 0.6 is 0 Å². The summed E-state index contributed by atoms with van der Waals surface area (Å²) in [5, 5.41) is 5.82. The summed E-state index contributed by atoms with van der Waals surface area (Å²) in [6, 6.07) is 30.8. The lowest BCUT2D eigenvalue weighted by atomic mass is 9.97. The molecule has 0 radical (unpaired) electrons. The fourth-order valence-corrected chi connectivity index (χ4v) is 5.78. The third kappa shape index (κ3) is 5.66. The van der Waals surface area contributed by atoms with E-state index in [9.17, 15) is 18.0 Å². The average Bonchev–Trinajstić information content (AvgIpc) is 2.95. The Kier molecular flexibility index (Phi) is 7.35. The van der Waals surface area contributed by atoms with Crippen molar-refractivity contribution in [3.63, 3.8) is 0 Å². The summed E-state index contributed by atoms with van der Waals surface area (Å²) in [5.41, 5.74) is 3.60. The second-order valence-electron chi connectivity index (χ2n) is 9.10. The van der Waals surface area contributed by atoms with Gasteiger partial charge in [0.1, 0.15) is 6.04 Å². The first-order valence-corrected chi connectivity index (χ1v) is 13.8. The highest BCUT2D eigenvalue weighted by Gasteiger charge is 2.30. The second-order valence-corrected chi connectivity index (χ2v) is 10.8. The zero-order valence-corrected chi connectivity index (χ0v) is 21.3. The minimum Gasteiger partial charge on any atom is -0.343 e. The van der Waals surface area contributed by atoms with Gasteiger partial charge in [0.15, 0.2) is 0 Å². The van der Waals surface area contributed by atoms with Gasteiger partial charge in [-0.25, -0.2) is 8.42 Å². The number of carbonyl (C=O) groups excluding carboxylic acids is 2. The van der Waals surface area contributed by atoms with Gasteiger partial charge >= 0.3 is 0 Å². The van der Waals surface area contributed by atoms with E-state index in [2.05, 4.69) is 15.4 Å². The van der Waals surface area contributed by atoms with Crippen molar-refractivity contribution in [1.29, 1.82) is 0 Å². The van der Waals surface area contributed by atoms with Gasteiger partial charge in [-0.2, -0.15) is 4.72 Å². The van der Waals surface area contributed by atoms with Crippen molar-refractivity contribution in [2.75, 3.05) is 5.32 Å². The zero-order valence-electron chi connectivity index (χ0n) is 20.5. The highest BCUT2D eigenvalue weighted by Crippen LogP contribution is 2.28. The second kappa shape index (κ2) is 11.0. The predicted molar refractivity (Wildman–Crippen MR) is 146 cm³/mol. The van der Waals surface area contributed by atoms with Gasteiger partial charge in [-0.1, -0.05) is 91.0 Å². The highest BCUT2D eigenvalue weighted by molar-refractivity contribution is 7.89. The molecule has 0 saturated heterocycles. The van der Waals surface area contributed by atoms with Crippen molar-refractivity contribution in [3.8, 4) is 0 Å². The molecule has 0 bridgehead atoms. The van der Waals surface area contributed by atoms with Crippen molar-refractivity contribution in [3.05, 3.63) is 131 Å². The van der Waals surface area contributed by atoms with Crippen LogP contribution in [0, 0.1) is 0 Å². The van der Waals surface area contributed by atoms with Crippen LogP contribution in [0.2, 0.25) is 0 Å². The monoisotopic (exact) mass is 525 g/mol. The SMILES string of the molecule is O=C1CCc2cc(S(=O)(=O)N[C@H](C(=O)NC(c3ccccc3)c3ccccc3)c3ccccc3)ccc2N1. The average molecular weight is 526 g/mol. The van der Waals surface area contributed by atoms with Crippen LogP contribution in [0.15, 0.2) is 114 Å². The Morgan fingerprint density at radius 2 is 1.29 bits per heavy atom. The molecule has 1 aliphatic heterocycles. The number of nitrogens with one attached hydrogen (secondary N) is 3. The molecule has 0 aromatic heterocycles. The van der Waals surface area contributed by atoms with Gasteiger partial charge in [0, 0.05) is 12.1 Å². The Balaban J connectivity index is 1.47. The number of fused-ring (bicyclic) bond motifs is 1. The minimum atomic E-state index is -4.09. The summed E-state index contributed by atoms with van der Waals surface area (Å²) in [6.07, 6.45) is 0.738. The van der Waals surface area contributed by atoms with Gasteiger partial charge in [-0.15, -0.1) is 0 Å². The smallest absolute Gasteiger partial charge is 0.243 e. The standard InChI is InChI=1S/C30H27N3O4S/c34-27-19-16-24-20-25(17-18-26(24)31-27)38(36,37)33-29(23-14-8-3-9-15-23)30(35)32-28(21-10-4-1-5-11-21)22-12-6-2-7-13-22/h1-15,17-18,20,28-29,33H,16,19H2,(H,31,34)(H,32,35)/t29-/m0/s1. The van der Waals surface area contributed by atoms with E-state index in [1.54, 1.807) is 36.4 Å². The molecule has 1 aliphatic rings. The van der Waals surface area contributed by atoms with Gasteiger partial charge in [-0.3, -0.25) is 9.59 Å². The van der Waals surface area contributed by atoms with Crippen LogP contribution in [0.4, 0.5) is 5.69 Å². The molecule has 3 N–H and O–H groups in total. The van der Waals surface area contributed by atoms with Crippen molar-refractivity contribution in [2.45, 2.75) is 29.8 Å². The van der Waals surface area contributed by atoms with Gasteiger partial charge < -0.3 is 10.6 Å². The van der Waals surface area contributed by atoms with E-state index in [4.69, 9.17) is 0 Å². The molecule has 0 fully saturated rings. The lowest BCUT2D eigenvalue weighted by Crippen LogP contribution is -2.42. The summed E-state index contributed by atoms with van der Waals surface area (Å²) in [7, 11) is -4.09. The number of hydrogen-bond donors (Lipinski definition) is 3. The normalized spacial score (nSPS) is 13.9. The maximum Gasteiger partial charge on any atom is 0.243 e. The first kappa shape index (κ1) is 25.4. The molecule has 0 spiro atoms. The molecule has 4 aromatic carbocycles. The van der Waals surface area contributed by atoms with E-state index in [1.165, 1.54) is 6.07 Å². The maximum atomic E-state index is 13.8. The number of hydrogen-bond acceptors (Lipinski definition) is 4. The van der Waals surface area contributed by atoms with Crippen LogP contribution in [-0.2, 0) is 26.0 Å². The number of sulfonamides is 1. The summed E-state index contributed by atoms with van der Waals surface area (Å²) in [6.45, 7) is 0.